The second kappa shape index (κ2) is 17.6. The van der Waals surface area contributed by atoms with Gasteiger partial charge in [0.1, 0.15) is 56.0 Å². The summed E-state index contributed by atoms with van der Waals surface area (Å²) in [5.74, 6) is 1.69. The van der Waals surface area contributed by atoms with Gasteiger partial charge in [-0.25, -0.2) is 0 Å². The zero-order valence-corrected chi connectivity index (χ0v) is 29.3. The molecule has 0 bridgehead atoms. The lowest BCUT2D eigenvalue weighted by Crippen LogP contribution is -2.13. The number of esters is 1. The third-order valence-corrected chi connectivity index (χ3v) is 8.67. The fourth-order valence-electron chi connectivity index (χ4n) is 5.91. The Labute approximate surface area is 310 Å². The van der Waals surface area contributed by atoms with Crippen LogP contribution in [0.15, 0.2) is 176 Å². The molecule has 0 fully saturated rings. The van der Waals surface area contributed by atoms with Gasteiger partial charge >= 0.3 is 5.97 Å². The van der Waals surface area contributed by atoms with E-state index in [1.54, 1.807) is 0 Å². The average Bonchev–Trinajstić information content (AvgIpc) is 3.77. The third-order valence-electron chi connectivity index (χ3n) is 8.67. The number of carbonyl (C=O) groups is 1. The lowest BCUT2D eigenvalue weighted by molar-refractivity contribution is -0.146. The van der Waals surface area contributed by atoms with Crippen molar-refractivity contribution in [2.75, 3.05) is 0 Å². The predicted molar refractivity (Wildman–Crippen MR) is 207 cm³/mol. The fraction of sp³-hybridized carbons (Fsp3) is 0.128. The van der Waals surface area contributed by atoms with Gasteiger partial charge in [-0.05, 0) is 57.6 Å². The van der Waals surface area contributed by atoms with Gasteiger partial charge < -0.3 is 23.7 Å². The molecule has 7 rings (SSSR count). The molecule has 0 saturated carbocycles. The van der Waals surface area contributed by atoms with Crippen molar-refractivity contribution in [3.63, 3.8) is 0 Å². The molecule has 0 amide bonds. The Bertz CT molecular complexity index is 2010. The van der Waals surface area contributed by atoms with Crippen LogP contribution in [0.3, 0.4) is 0 Å². The van der Waals surface area contributed by atoms with Crippen LogP contribution in [0.25, 0.3) is 11.1 Å². The van der Waals surface area contributed by atoms with Gasteiger partial charge in [-0.2, -0.15) is 0 Å². The van der Waals surface area contributed by atoms with Gasteiger partial charge in [-0.1, -0.05) is 146 Å². The second-order valence-electron chi connectivity index (χ2n) is 12.7. The third kappa shape index (κ3) is 9.83. The largest absolute Gasteiger partial charge is 0.489 e. The summed E-state index contributed by atoms with van der Waals surface area (Å²) in [6, 6.07) is 49.8. The Morgan fingerprint density at radius 2 is 0.830 bits per heavy atom. The zero-order valence-electron chi connectivity index (χ0n) is 29.3. The summed E-state index contributed by atoms with van der Waals surface area (Å²) >= 11 is 0. The van der Waals surface area contributed by atoms with Crippen molar-refractivity contribution < 1.29 is 28.5 Å². The van der Waals surface area contributed by atoms with E-state index in [0.29, 0.717) is 49.4 Å². The van der Waals surface area contributed by atoms with Crippen LogP contribution in [0.2, 0.25) is 0 Å². The van der Waals surface area contributed by atoms with Crippen LogP contribution in [0, 0.1) is 5.92 Å². The van der Waals surface area contributed by atoms with E-state index in [2.05, 4.69) is 0 Å². The molecule has 6 aromatic rings. The molecule has 1 aliphatic rings. The molecule has 6 heteroatoms. The van der Waals surface area contributed by atoms with Gasteiger partial charge in [0, 0.05) is 6.07 Å². The topological polar surface area (TPSA) is 63.2 Å². The fourth-order valence-corrected chi connectivity index (χ4v) is 5.91. The highest BCUT2D eigenvalue weighted by molar-refractivity contribution is 5.80. The monoisotopic (exact) mass is 700 g/mol. The van der Waals surface area contributed by atoms with Gasteiger partial charge in [-0.15, -0.1) is 0 Å². The summed E-state index contributed by atoms with van der Waals surface area (Å²) < 4.78 is 31.8. The van der Waals surface area contributed by atoms with Crippen LogP contribution in [-0.4, -0.2) is 5.97 Å². The molecule has 0 atom stereocenters. The number of benzene rings is 6. The Kier molecular flexibility index (Phi) is 11.6. The zero-order chi connectivity index (χ0) is 36.1. The molecule has 0 aromatic heterocycles. The van der Waals surface area contributed by atoms with Crippen molar-refractivity contribution in [3.05, 3.63) is 204 Å². The van der Waals surface area contributed by atoms with E-state index in [4.69, 9.17) is 23.7 Å². The Hall–Kier alpha value is -6.53. The van der Waals surface area contributed by atoms with Gasteiger partial charge in [0.25, 0.3) is 0 Å². The summed E-state index contributed by atoms with van der Waals surface area (Å²) in [5, 5.41) is 0. The first-order valence-electron chi connectivity index (χ1n) is 17.7. The van der Waals surface area contributed by atoms with Crippen LogP contribution >= 0.6 is 0 Å². The molecule has 0 N–H and O–H groups in total. The maximum atomic E-state index is 12.9. The lowest BCUT2D eigenvalue weighted by atomic mass is 10.00. The highest BCUT2D eigenvalue weighted by Crippen LogP contribution is 2.44. The molecule has 6 aromatic carbocycles. The van der Waals surface area contributed by atoms with Gasteiger partial charge in [0.2, 0.25) is 0 Å². The number of ether oxygens (including phenoxy) is 5. The van der Waals surface area contributed by atoms with Gasteiger partial charge in [0.05, 0.1) is 11.5 Å². The standard InChI is InChI=1S/C47H40O6/c48-47(40-23-13-14-24-40)53-34-39-25-44(51-32-37-19-9-3-10-20-37)46(45(26-39)52-33-38-21-11-4-12-22-38)41-27-42(49-30-35-15-5-1-6-16-35)29-43(28-41)50-31-36-17-7-2-8-18-36/h1-29,40H,30-34H2. The first-order valence-corrected chi connectivity index (χ1v) is 17.7. The second-order valence-corrected chi connectivity index (χ2v) is 12.7. The summed E-state index contributed by atoms with van der Waals surface area (Å²) in [6.07, 6.45) is 7.33. The first kappa shape index (κ1) is 34.9. The molecule has 0 unspecified atom stereocenters. The highest BCUT2D eigenvalue weighted by Gasteiger charge is 2.21. The quantitative estimate of drug-likeness (QED) is 0.0937. The maximum Gasteiger partial charge on any atom is 0.317 e. The van der Waals surface area contributed by atoms with Crippen LogP contribution in [0.1, 0.15) is 27.8 Å². The molecule has 1 aliphatic carbocycles. The SMILES string of the molecule is O=C(OCc1cc(OCc2ccccc2)c(-c2cc(OCc3ccccc3)cc(OCc3ccccc3)c2)c(OCc2ccccc2)c1)C1C=CC=C1. The number of rotatable bonds is 16. The minimum atomic E-state index is -0.398. The van der Waals surface area contributed by atoms with E-state index in [-0.39, 0.29) is 12.6 Å². The van der Waals surface area contributed by atoms with Crippen molar-refractivity contribution in [3.8, 4) is 34.1 Å². The molecule has 0 heterocycles. The van der Waals surface area contributed by atoms with E-state index in [1.165, 1.54) is 0 Å². The van der Waals surface area contributed by atoms with Crippen molar-refractivity contribution in [2.45, 2.75) is 33.0 Å². The Morgan fingerprint density at radius 3 is 1.25 bits per heavy atom. The normalized spacial score (nSPS) is 12.0. The van der Waals surface area contributed by atoms with E-state index in [1.807, 2.05) is 176 Å². The van der Waals surface area contributed by atoms with Crippen LogP contribution in [0.5, 0.6) is 23.0 Å². The molecule has 0 spiro atoms. The maximum absolute atomic E-state index is 12.9. The Balaban J connectivity index is 1.29. The molecule has 0 aliphatic heterocycles. The number of hydrogen-bond donors (Lipinski definition) is 0. The molecule has 264 valence electrons. The van der Waals surface area contributed by atoms with E-state index in [0.717, 1.165) is 38.9 Å². The molecule has 53 heavy (non-hydrogen) atoms. The smallest absolute Gasteiger partial charge is 0.317 e. The highest BCUT2D eigenvalue weighted by atomic mass is 16.5. The summed E-state index contributed by atoms with van der Waals surface area (Å²) in [7, 11) is 0. The summed E-state index contributed by atoms with van der Waals surface area (Å²) in [6.45, 7) is 1.44. The molecular formula is C47H40O6. The van der Waals surface area contributed by atoms with Gasteiger partial charge in [-0.3, -0.25) is 4.79 Å². The average molecular weight is 701 g/mol. The molecular weight excluding hydrogens is 661 g/mol. The molecule has 6 nitrogen and oxygen atoms in total. The minimum absolute atomic E-state index is 0.0480. The van der Waals surface area contributed by atoms with Crippen molar-refractivity contribution >= 4 is 5.97 Å². The van der Waals surface area contributed by atoms with E-state index >= 15 is 0 Å². The minimum Gasteiger partial charge on any atom is -0.489 e. The lowest BCUT2D eigenvalue weighted by Gasteiger charge is -2.20. The van der Waals surface area contributed by atoms with Crippen LogP contribution in [0.4, 0.5) is 0 Å². The number of carbonyl (C=O) groups excluding carboxylic acids is 1. The van der Waals surface area contributed by atoms with Crippen LogP contribution < -0.4 is 18.9 Å². The number of allylic oxidation sites excluding steroid dienone is 2. The van der Waals surface area contributed by atoms with Crippen molar-refractivity contribution in [1.29, 1.82) is 0 Å². The van der Waals surface area contributed by atoms with Crippen LogP contribution in [-0.2, 0) is 42.6 Å². The summed E-state index contributed by atoms with van der Waals surface area (Å²) in [5.41, 5.74) is 6.35. The molecule has 0 radical (unpaired) electrons. The molecule has 0 saturated heterocycles. The first-order chi connectivity index (χ1) is 26.2. The predicted octanol–water partition coefficient (Wildman–Crippen LogP) is 10.5. The van der Waals surface area contributed by atoms with Gasteiger partial charge in [0.15, 0.2) is 0 Å². The summed E-state index contributed by atoms with van der Waals surface area (Å²) in [4.78, 5) is 12.9. The Morgan fingerprint density at radius 1 is 0.434 bits per heavy atom. The number of hydrogen-bond acceptors (Lipinski definition) is 6. The van der Waals surface area contributed by atoms with Crippen molar-refractivity contribution in [1.82, 2.24) is 0 Å². The van der Waals surface area contributed by atoms with E-state index < -0.39 is 5.92 Å². The van der Waals surface area contributed by atoms with E-state index in [9.17, 15) is 4.79 Å². The van der Waals surface area contributed by atoms with Crippen molar-refractivity contribution in [2.24, 2.45) is 5.92 Å².